The molecule has 0 bridgehead atoms. The zero-order valence-corrected chi connectivity index (χ0v) is 10.3. The lowest BCUT2D eigenvalue weighted by molar-refractivity contribution is 0.0533. The lowest BCUT2D eigenvalue weighted by Crippen LogP contribution is -2.05. The topological polar surface area (TPSA) is 78.1 Å². The number of hydrogen-bond acceptors (Lipinski definition) is 6. The number of anilines is 1. The van der Waals surface area contributed by atoms with E-state index in [0.29, 0.717) is 10.6 Å². The van der Waals surface area contributed by atoms with Crippen LogP contribution in [0.2, 0.25) is 0 Å². The van der Waals surface area contributed by atoms with E-state index in [-0.39, 0.29) is 17.3 Å². The van der Waals surface area contributed by atoms with Gasteiger partial charge < -0.3 is 10.5 Å². The Kier molecular flexibility index (Phi) is 3.52. The van der Waals surface area contributed by atoms with Crippen molar-refractivity contribution in [1.29, 1.82) is 0 Å². The summed E-state index contributed by atoms with van der Waals surface area (Å²) in [6.45, 7) is 1.96. The first kappa shape index (κ1) is 12.4. The first-order valence-electron chi connectivity index (χ1n) is 5.16. The van der Waals surface area contributed by atoms with Crippen molar-refractivity contribution >= 4 is 23.1 Å². The third-order valence-electron chi connectivity index (χ3n) is 2.07. The molecule has 0 saturated carbocycles. The van der Waals surface area contributed by atoms with E-state index in [1.807, 2.05) is 0 Å². The molecule has 7 heteroatoms. The van der Waals surface area contributed by atoms with E-state index in [4.69, 9.17) is 10.5 Å². The molecule has 5 nitrogen and oxygen atoms in total. The summed E-state index contributed by atoms with van der Waals surface area (Å²) >= 11 is 1.05. The minimum absolute atomic E-state index is 0.0812. The Bertz CT molecular complexity index is 585. The summed E-state index contributed by atoms with van der Waals surface area (Å²) in [6.07, 6.45) is 2.54. The number of nitrogens with two attached hydrogens (primary N) is 1. The molecule has 2 heterocycles. The highest BCUT2D eigenvalue weighted by atomic mass is 32.1. The molecule has 2 N–H and O–H groups in total. The number of ether oxygens (including phenoxy) is 1. The van der Waals surface area contributed by atoms with Crippen LogP contribution in [-0.2, 0) is 4.74 Å². The molecule has 0 atom stereocenters. The van der Waals surface area contributed by atoms with Gasteiger partial charge in [0, 0.05) is 11.8 Å². The van der Waals surface area contributed by atoms with Gasteiger partial charge in [-0.2, -0.15) is 0 Å². The van der Waals surface area contributed by atoms with Crippen molar-refractivity contribution in [3.05, 3.63) is 29.2 Å². The lowest BCUT2D eigenvalue weighted by atomic mass is 10.3. The molecular formula is C11H10FN3O2S. The first-order chi connectivity index (χ1) is 8.61. The molecule has 18 heavy (non-hydrogen) atoms. The molecule has 2 aromatic rings. The molecule has 2 aromatic heterocycles. The van der Waals surface area contributed by atoms with Crippen molar-refractivity contribution in [2.75, 3.05) is 12.3 Å². The highest BCUT2D eigenvalue weighted by Crippen LogP contribution is 2.29. The predicted molar refractivity (Wildman–Crippen MR) is 65.7 cm³/mol. The lowest BCUT2D eigenvalue weighted by Gasteiger charge is -1.97. The zero-order chi connectivity index (χ0) is 13.1. The van der Waals surface area contributed by atoms with E-state index in [0.717, 1.165) is 17.5 Å². The fourth-order valence-electron chi connectivity index (χ4n) is 1.33. The fraction of sp³-hybridized carbons (Fsp3) is 0.182. The summed E-state index contributed by atoms with van der Waals surface area (Å²) < 4.78 is 17.9. The summed E-state index contributed by atoms with van der Waals surface area (Å²) in [5.74, 6) is -0.917. The molecule has 0 spiro atoms. The summed E-state index contributed by atoms with van der Waals surface area (Å²) in [6, 6.07) is 1.28. The highest BCUT2D eigenvalue weighted by molar-refractivity contribution is 7.17. The summed E-state index contributed by atoms with van der Waals surface area (Å²) in [5, 5.41) is 0.433. The Morgan fingerprint density at radius 1 is 1.56 bits per heavy atom. The number of nitrogens with zero attached hydrogens (tertiary/aromatic N) is 2. The monoisotopic (exact) mass is 267 g/mol. The predicted octanol–water partition coefficient (Wildman–Crippen LogP) is 2.10. The van der Waals surface area contributed by atoms with Crippen molar-refractivity contribution in [2.24, 2.45) is 0 Å². The van der Waals surface area contributed by atoms with E-state index in [1.54, 1.807) is 6.92 Å². The van der Waals surface area contributed by atoms with Crippen molar-refractivity contribution in [3.8, 4) is 10.6 Å². The average Bonchev–Trinajstić information content (AvgIpc) is 2.72. The molecule has 94 valence electrons. The van der Waals surface area contributed by atoms with Crippen LogP contribution in [0.3, 0.4) is 0 Å². The van der Waals surface area contributed by atoms with Crippen LogP contribution in [0.25, 0.3) is 10.6 Å². The average molecular weight is 267 g/mol. The quantitative estimate of drug-likeness (QED) is 0.862. The second kappa shape index (κ2) is 5.09. The molecule has 0 aromatic carbocycles. The molecule has 0 fully saturated rings. The minimum atomic E-state index is -0.525. The second-order valence-electron chi connectivity index (χ2n) is 3.35. The van der Waals surface area contributed by atoms with Crippen LogP contribution in [0, 0.1) is 5.82 Å². The van der Waals surface area contributed by atoms with E-state index in [2.05, 4.69) is 9.97 Å². The number of pyridine rings is 1. The fourth-order valence-corrected chi connectivity index (χ4v) is 2.19. The minimum Gasteiger partial charge on any atom is -0.462 e. The van der Waals surface area contributed by atoms with Gasteiger partial charge in [0.05, 0.1) is 12.8 Å². The maximum absolute atomic E-state index is 13.0. The van der Waals surface area contributed by atoms with Crippen molar-refractivity contribution in [2.45, 2.75) is 6.92 Å². The normalized spacial score (nSPS) is 10.3. The van der Waals surface area contributed by atoms with Gasteiger partial charge in [0.2, 0.25) is 0 Å². The van der Waals surface area contributed by atoms with Crippen LogP contribution < -0.4 is 5.73 Å². The van der Waals surface area contributed by atoms with Crippen LogP contribution in [0.15, 0.2) is 18.5 Å². The van der Waals surface area contributed by atoms with E-state index in [1.165, 1.54) is 12.3 Å². The van der Waals surface area contributed by atoms with Gasteiger partial charge in [-0.1, -0.05) is 0 Å². The summed E-state index contributed by atoms with van der Waals surface area (Å²) in [7, 11) is 0. The molecule has 2 rings (SSSR count). The first-order valence-corrected chi connectivity index (χ1v) is 5.97. The van der Waals surface area contributed by atoms with E-state index < -0.39 is 11.8 Å². The molecule has 0 amide bonds. The van der Waals surface area contributed by atoms with Crippen LogP contribution in [0.5, 0.6) is 0 Å². The van der Waals surface area contributed by atoms with Gasteiger partial charge in [0.25, 0.3) is 0 Å². The highest BCUT2D eigenvalue weighted by Gasteiger charge is 2.18. The van der Waals surface area contributed by atoms with Crippen LogP contribution in [-0.4, -0.2) is 22.5 Å². The molecule has 0 unspecified atom stereocenters. The number of rotatable bonds is 3. The Balaban J connectivity index is 2.37. The van der Waals surface area contributed by atoms with Gasteiger partial charge in [-0.3, -0.25) is 4.98 Å². The van der Waals surface area contributed by atoms with E-state index in [9.17, 15) is 9.18 Å². The Hall–Kier alpha value is -2.02. The number of esters is 1. The van der Waals surface area contributed by atoms with Gasteiger partial charge in [-0.25, -0.2) is 14.2 Å². The summed E-state index contributed by atoms with van der Waals surface area (Å²) in [4.78, 5) is 19.5. The Morgan fingerprint density at radius 3 is 3.00 bits per heavy atom. The standard InChI is InChI=1S/C11H10FN3O2S/c1-2-17-11(16)8-9(13)15-10(18-8)6-3-7(12)5-14-4-6/h3-5H,2,13H2,1H3. The van der Waals surface area contributed by atoms with Crippen LogP contribution in [0.4, 0.5) is 10.2 Å². The molecular weight excluding hydrogens is 257 g/mol. The molecule has 0 aliphatic carbocycles. The SMILES string of the molecule is CCOC(=O)c1sc(-c2cncc(F)c2)nc1N. The van der Waals surface area contributed by atoms with E-state index >= 15 is 0 Å². The number of carbonyl (C=O) groups is 1. The van der Waals surface area contributed by atoms with Crippen molar-refractivity contribution in [3.63, 3.8) is 0 Å². The van der Waals surface area contributed by atoms with Crippen molar-refractivity contribution < 1.29 is 13.9 Å². The number of halogens is 1. The second-order valence-corrected chi connectivity index (χ2v) is 4.34. The van der Waals surface area contributed by atoms with Crippen LogP contribution in [0.1, 0.15) is 16.6 Å². The molecule has 0 saturated heterocycles. The van der Waals surface area contributed by atoms with Gasteiger partial charge in [0.1, 0.15) is 16.6 Å². The Labute approximate surface area is 106 Å². The summed E-state index contributed by atoms with van der Waals surface area (Å²) in [5.41, 5.74) is 6.11. The molecule has 0 aliphatic heterocycles. The number of thiazole rings is 1. The maximum atomic E-state index is 13.0. The van der Waals surface area contributed by atoms with Gasteiger partial charge in [0.15, 0.2) is 4.88 Å². The third-order valence-corrected chi connectivity index (χ3v) is 3.17. The number of nitrogen functional groups attached to an aromatic ring is 1. The number of carbonyl (C=O) groups excluding carboxylic acids is 1. The molecule has 0 radical (unpaired) electrons. The largest absolute Gasteiger partial charge is 0.462 e. The van der Waals surface area contributed by atoms with Gasteiger partial charge >= 0.3 is 5.97 Å². The zero-order valence-electron chi connectivity index (χ0n) is 9.51. The third kappa shape index (κ3) is 2.45. The van der Waals surface area contributed by atoms with Gasteiger partial charge in [-0.15, -0.1) is 11.3 Å². The van der Waals surface area contributed by atoms with Crippen molar-refractivity contribution in [1.82, 2.24) is 9.97 Å². The smallest absolute Gasteiger partial charge is 0.352 e. The number of hydrogen-bond donors (Lipinski definition) is 1. The Morgan fingerprint density at radius 2 is 2.33 bits per heavy atom. The van der Waals surface area contributed by atoms with Crippen LogP contribution >= 0.6 is 11.3 Å². The maximum Gasteiger partial charge on any atom is 0.352 e. The molecule has 0 aliphatic rings. The van der Waals surface area contributed by atoms with Gasteiger partial charge in [-0.05, 0) is 13.0 Å². The number of aromatic nitrogens is 2.